The molecule has 0 rings (SSSR count). The first kappa shape index (κ1) is 15.7. The van der Waals surface area contributed by atoms with Gasteiger partial charge in [0.1, 0.15) is 0 Å². The molecule has 0 radical (unpaired) electrons. The molecular weight excluding hydrogens is 239 g/mol. The molecule has 0 atom stereocenters. The summed E-state index contributed by atoms with van der Waals surface area (Å²) in [5, 5.41) is 4.22. The number of carbonyl (C=O) groups is 2. The standard InChI is InChI=1S/C9H16F3N3O2/c1-15(2)6-7(16)13-4-3-5-14-8(17)9(10,11)12/h3-6H2,1-2H3,(H,13,16)(H,14,17). The summed E-state index contributed by atoms with van der Waals surface area (Å²) in [5.74, 6) is -2.17. The predicted octanol–water partition coefficient (Wildman–Crippen LogP) is -0.267. The van der Waals surface area contributed by atoms with Gasteiger partial charge in [0, 0.05) is 13.1 Å². The first-order chi connectivity index (χ1) is 7.73. The number of halogens is 3. The molecule has 0 aromatic heterocycles. The van der Waals surface area contributed by atoms with Gasteiger partial charge in [0.05, 0.1) is 6.54 Å². The van der Waals surface area contributed by atoms with Crippen LogP contribution in [-0.4, -0.2) is 56.6 Å². The van der Waals surface area contributed by atoms with Crippen molar-refractivity contribution in [2.45, 2.75) is 12.6 Å². The highest BCUT2D eigenvalue weighted by Crippen LogP contribution is 2.13. The predicted molar refractivity (Wildman–Crippen MR) is 55.2 cm³/mol. The van der Waals surface area contributed by atoms with E-state index >= 15 is 0 Å². The van der Waals surface area contributed by atoms with Gasteiger partial charge in [-0.2, -0.15) is 13.2 Å². The second-order valence-corrected chi connectivity index (χ2v) is 3.69. The number of rotatable bonds is 6. The Labute approximate surface area is 97.3 Å². The molecule has 0 unspecified atom stereocenters. The molecule has 5 nitrogen and oxygen atoms in total. The van der Waals surface area contributed by atoms with Crippen LogP contribution in [0.4, 0.5) is 13.2 Å². The molecule has 0 aliphatic rings. The number of alkyl halides is 3. The maximum atomic E-state index is 11.7. The fourth-order valence-electron chi connectivity index (χ4n) is 0.961. The molecule has 8 heteroatoms. The summed E-state index contributed by atoms with van der Waals surface area (Å²) < 4.78 is 35.2. The van der Waals surface area contributed by atoms with E-state index in [1.807, 2.05) is 0 Å². The van der Waals surface area contributed by atoms with E-state index in [2.05, 4.69) is 5.32 Å². The van der Waals surface area contributed by atoms with Crippen molar-refractivity contribution >= 4 is 11.8 Å². The van der Waals surface area contributed by atoms with Gasteiger partial charge in [-0.25, -0.2) is 0 Å². The summed E-state index contributed by atoms with van der Waals surface area (Å²) in [5.41, 5.74) is 0. The summed E-state index contributed by atoms with van der Waals surface area (Å²) in [4.78, 5) is 23.1. The zero-order valence-corrected chi connectivity index (χ0v) is 9.73. The van der Waals surface area contributed by atoms with Crippen LogP contribution in [0.1, 0.15) is 6.42 Å². The molecule has 0 aliphatic heterocycles. The number of hydrogen-bond donors (Lipinski definition) is 2. The maximum absolute atomic E-state index is 11.7. The van der Waals surface area contributed by atoms with Crippen molar-refractivity contribution < 1.29 is 22.8 Å². The van der Waals surface area contributed by atoms with Gasteiger partial charge in [0.15, 0.2) is 0 Å². The number of amides is 2. The Balaban J connectivity index is 3.54. The molecule has 0 spiro atoms. The molecule has 2 amide bonds. The van der Waals surface area contributed by atoms with E-state index in [0.29, 0.717) is 0 Å². The van der Waals surface area contributed by atoms with Crippen LogP contribution in [0.25, 0.3) is 0 Å². The van der Waals surface area contributed by atoms with E-state index in [-0.39, 0.29) is 32.0 Å². The van der Waals surface area contributed by atoms with Crippen molar-refractivity contribution in [1.82, 2.24) is 15.5 Å². The molecule has 0 heterocycles. The van der Waals surface area contributed by atoms with E-state index in [9.17, 15) is 22.8 Å². The Bertz CT molecular complexity index is 267. The highest BCUT2D eigenvalue weighted by molar-refractivity contribution is 5.81. The topological polar surface area (TPSA) is 61.4 Å². The molecule has 0 fully saturated rings. The molecular formula is C9H16F3N3O2. The Morgan fingerprint density at radius 3 is 2.12 bits per heavy atom. The van der Waals surface area contributed by atoms with Crippen molar-refractivity contribution in [1.29, 1.82) is 0 Å². The van der Waals surface area contributed by atoms with Gasteiger partial charge >= 0.3 is 12.1 Å². The van der Waals surface area contributed by atoms with E-state index in [4.69, 9.17) is 0 Å². The minimum atomic E-state index is -4.85. The fraction of sp³-hybridized carbons (Fsp3) is 0.778. The summed E-state index contributed by atoms with van der Waals surface area (Å²) in [7, 11) is 3.45. The first-order valence-electron chi connectivity index (χ1n) is 5.00. The third-order valence-corrected chi connectivity index (χ3v) is 1.68. The number of hydrogen-bond acceptors (Lipinski definition) is 3. The minimum absolute atomic E-state index is 0.124. The van der Waals surface area contributed by atoms with Crippen molar-refractivity contribution in [2.75, 3.05) is 33.7 Å². The van der Waals surface area contributed by atoms with Gasteiger partial charge in [0.25, 0.3) is 0 Å². The number of carbonyl (C=O) groups excluding carboxylic acids is 2. The van der Waals surface area contributed by atoms with Crippen LogP contribution in [0, 0.1) is 0 Å². The molecule has 0 saturated carbocycles. The Morgan fingerprint density at radius 1 is 1.12 bits per heavy atom. The molecule has 0 aromatic rings. The second-order valence-electron chi connectivity index (χ2n) is 3.69. The monoisotopic (exact) mass is 255 g/mol. The maximum Gasteiger partial charge on any atom is 0.471 e. The number of nitrogens with one attached hydrogen (secondary N) is 2. The molecule has 0 saturated heterocycles. The van der Waals surface area contributed by atoms with Gasteiger partial charge in [-0.05, 0) is 20.5 Å². The minimum Gasteiger partial charge on any atom is -0.355 e. The van der Waals surface area contributed by atoms with Crippen LogP contribution in [0.15, 0.2) is 0 Å². The van der Waals surface area contributed by atoms with Crippen LogP contribution in [0.5, 0.6) is 0 Å². The van der Waals surface area contributed by atoms with Crippen molar-refractivity contribution in [3.63, 3.8) is 0 Å². The lowest BCUT2D eigenvalue weighted by Gasteiger charge is -2.10. The van der Waals surface area contributed by atoms with Gasteiger partial charge in [-0.3, -0.25) is 9.59 Å². The molecule has 2 N–H and O–H groups in total. The quantitative estimate of drug-likeness (QED) is 0.642. The smallest absolute Gasteiger partial charge is 0.355 e. The molecule has 0 bridgehead atoms. The summed E-state index contributed by atoms with van der Waals surface area (Å²) in [6.45, 7) is 0.320. The van der Waals surface area contributed by atoms with E-state index in [0.717, 1.165) is 0 Å². The highest BCUT2D eigenvalue weighted by Gasteiger charge is 2.38. The number of nitrogens with zero attached hydrogens (tertiary/aromatic N) is 1. The van der Waals surface area contributed by atoms with Crippen LogP contribution in [-0.2, 0) is 9.59 Å². The summed E-state index contributed by atoms with van der Waals surface area (Å²) >= 11 is 0. The van der Waals surface area contributed by atoms with Crippen LogP contribution in [0.2, 0.25) is 0 Å². The lowest BCUT2D eigenvalue weighted by molar-refractivity contribution is -0.173. The normalized spacial score (nSPS) is 11.4. The van der Waals surface area contributed by atoms with Crippen molar-refractivity contribution in [3.05, 3.63) is 0 Å². The number of likely N-dealkylation sites (N-methyl/N-ethyl adjacent to an activating group) is 1. The Morgan fingerprint density at radius 2 is 1.65 bits per heavy atom. The van der Waals surface area contributed by atoms with E-state index in [1.54, 1.807) is 24.3 Å². The summed E-state index contributed by atoms with van der Waals surface area (Å²) in [6.07, 6.45) is -4.60. The first-order valence-corrected chi connectivity index (χ1v) is 5.00. The van der Waals surface area contributed by atoms with Crippen LogP contribution < -0.4 is 10.6 Å². The zero-order valence-electron chi connectivity index (χ0n) is 9.73. The Hall–Kier alpha value is -1.31. The lowest BCUT2D eigenvalue weighted by atomic mass is 10.4. The lowest BCUT2D eigenvalue weighted by Crippen LogP contribution is -2.39. The van der Waals surface area contributed by atoms with Crippen molar-refractivity contribution in [2.24, 2.45) is 0 Å². The average Bonchev–Trinajstić information content (AvgIpc) is 2.14. The molecule has 100 valence electrons. The van der Waals surface area contributed by atoms with Crippen molar-refractivity contribution in [3.8, 4) is 0 Å². The van der Waals surface area contributed by atoms with E-state index in [1.165, 1.54) is 0 Å². The average molecular weight is 255 g/mol. The van der Waals surface area contributed by atoms with Crippen LogP contribution >= 0.6 is 0 Å². The largest absolute Gasteiger partial charge is 0.471 e. The second kappa shape index (κ2) is 7.10. The third kappa shape index (κ3) is 8.49. The van der Waals surface area contributed by atoms with Gasteiger partial charge in [0.2, 0.25) is 5.91 Å². The van der Waals surface area contributed by atoms with Crippen LogP contribution in [0.3, 0.4) is 0 Å². The van der Waals surface area contributed by atoms with Gasteiger partial charge in [-0.15, -0.1) is 0 Å². The highest BCUT2D eigenvalue weighted by atomic mass is 19.4. The summed E-state index contributed by atoms with van der Waals surface area (Å²) in [6, 6.07) is 0. The van der Waals surface area contributed by atoms with E-state index < -0.39 is 12.1 Å². The fourth-order valence-corrected chi connectivity index (χ4v) is 0.961. The van der Waals surface area contributed by atoms with Gasteiger partial charge < -0.3 is 15.5 Å². The molecule has 17 heavy (non-hydrogen) atoms. The zero-order chi connectivity index (χ0) is 13.5. The molecule has 0 aliphatic carbocycles. The Kier molecular flexibility index (Phi) is 6.55. The third-order valence-electron chi connectivity index (χ3n) is 1.68. The SMILES string of the molecule is CN(C)CC(=O)NCCCNC(=O)C(F)(F)F. The van der Waals surface area contributed by atoms with Gasteiger partial charge in [-0.1, -0.05) is 0 Å². The molecule has 0 aromatic carbocycles.